The number of aliphatic hydroxyl groups is 1. The fourth-order valence-corrected chi connectivity index (χ4v) is 5.57. The van der Waals surface area contributed by atoms with Crippen LogP contribution in [0.2, 0.25) is 0 Å². The average Bonchev–Trinajstić information content (AvgIpc) is 3.14. The first-order valence-electron chi connectivity index (χ1n) is 12.1. The summed E-state index contributed by atoms with van der Waals surface area (Å²) < 4.78 is 68.4. The minimum atomic E-state index is -5.72. The molecule has 0 aromatic carbocycles. The van der Waals surface area contributed by atoms with Crippen LogP contribution in [-0.2, 0) is 9.53 Å². The molecule has 0 saturated heterocycles. The number of carbonyl (C=O) groups is 1. The molecular weight excluding hydrogens is 469 g/mol. The largest absolute Gasteiger partial charge is 0.455 e. The lowest BCUT2D eigenvalue weighted by Crippen LogP contribution is -2.47. The first-order valence-corrected chi connectivity index (χ1v) is 12.1. The van der Waals surface area contributed by atoms with Gasteiger partial charge in [-0.05, 0) is 79.9 Å². The number of hydrogen-bond donors (Lipinski definition) is 2. The minimum absolute atomic E-state index is 0.190. The highest BCUT2D eigenvalue weighted by atomic mass is 19.4. The van der Waals surface area contributed by atoms with Gasteiger partial charge in [0, 0.05) is 0 Å². The number of aliphatic hydroxyl groups excluding tert-OH is 1. The van der Waals surface area contributed by atoms with E-state index in [1.54, 1.807) is 12.2 Å². The Hall–Kier alpha value is -2.00. The SMILES string of the molecule is C=C1/C(=C\C=C2/CCC[C@]3(C)C([C@H](C)OCC(=O)NCC(F)(F)C(F)(F)F)=CCC23)CCCC1O. The second-order valence-electron chi connectivity index (χ2n) is 10.0. The molecule has 0 aromatic heterocycles. The summed E-state index contributed by atoms with van der Waals surface area (Å²) in [6.45, 7) is 5.53. The number of allylic oxidation sites excluding steroid dienone is 4. The van der Waals surface area contributed by atoms with E-state index in [4.69, 9.17) is 4.74 Å². The number of nitrogens with one attached hydrogen (secondary N) is 1. The summed E-state index contributed by atoms with van der Waals surface area (Å²) >= 11 is 0. The molecule has 3 rings (SSSR count). The van der Waals surface area contributed by atoms with Crippen LogP contribution in [0.3, 0.4) is 0 Å². The topological polar surface area (TPSA) is 58.6 Å². The van der Waals surface area contributed by atoms with E-state index in [0.717, 1.165) is 61.7 Å². The van der Waals surface area contributed by atoms with Crippen LogP contribution in [-0.4, -0.2) is 48.5 Å². The zero-order chi connectivity index (χ0) is 26.0. The summed E-state index contributed by atoms with van der Waals surface area (Å²) in [4.78, 5) is 11.8. The maximum Gasteiger partial charge on any atom is 0.455 e. The van der Waals surface area contributed by atoms with Crippen molar-refractivity contribution in [2.45, 2.75) is 83.1 Å². The maximum atomic E-state index is 13.0. The smallest absolute Gasteiger partial charge is 0.388 e. The molecule has 4 nitrogen and oxygen atoms in total. The second-order valence-corrected chi connectivity index (χ2v) is 10.0. The Morgan fingerprint density at radius 1 is 1.29 bits per heavy atom. The number of alkyl halides is 5. The van der Waals surface area contributed by atoms with Gasteiger partial charge in [-0.3, -0.25) is 4.79 Å². The predicted octanol–water partition coefficient (Wildman–Crippen LogP) is 5.80. The van der Waals surface area contributed by atoms with Crippen molar-refractivity contribution in [2.75, 3.05) is 13.2 Å². The van der Waals surface area contributed by atoms with Crippen LogP contribution in [0.4, 0.5) is 22.0 Å². The Kier molecular flexibility index (Phi) is 8.31. The Labute approximate surface area is 203 Å². The third-order valence-electron chi connectivity index (χ3n) is 7.67. The molecule has 0 aromatic rings. The lowest BCUT2D eigenvalue weighted by atomic mass is 9.63. The van der Waals surface area contributed by atoms with Crippen LogP contribution in [0.5, 0.6) is 0 Å². The summed E-state index contributed by atoms with van der Waals surface area (Å²) in [5.41, 5.74) is 4.00. The quantitative estimate of drug-likeness (QED) is 0.341. The number of hydrogen-bond acceptors (Lipinski definition) is 3. The molecule has 2 unspecified atom stereocenters. The number of ether oxygens (including phenoxy) is 1. The maximum absolute atomic E-state index is 13.0. The van der Waals surface area contributed by atoms with Crippen molar-refractivity contribution in [3.05, 3.63) is 47.1 Å². The molecule has 2 saturated carbocycles. The molecule has 0 aliphatic heterocycles. The molecule has 0 heterocycles. The molecule has 2 N–H and O–H groups in total. The van der Waals surface area contributed by atoms with Gasteiger partial charge in [-0.25, -0.2) is 0 Å². The number of fused-ring (bicyclic) bond motifs is 1. The molecule has 9 heteroatoms. The fraction of sp³-hybridized carbons (Fsp3) is 0.654. The highest BCUT2D eigenvalue weighted by Crippen LogP contribution is 2.55. The first-order chi connectivity index (χ1) is 16.3. The van der Waals surface area contributed by atoms with Gasteiger partial charge in [0.05, 0.1) is 18.8 Å². The van der Waals surface area contributed by atoms with Crippen LogP contribution in [0.25, 0.3) is 0 Å². The molecular formula is C26H34F5NO3. The number of carbonyl (C=O) groups excluding carboxylic acids is 1. The van der Waals surface area contributed by atoms with E-state index in [0.29, 0.717) is 0 Å². The number of amides is 1. The molecule has 196 valence electrons. The molecule has 3 aliphatic rings. The average molecular weight is 504 g/mol. The normalized spacial score (nSPS) is 30.9. The number of halogens is 5. The van der Waals surface area contributed by atoms with Crippen LogP contribution >= 0.6 is 0 Å². The van der Waals surface area contributed by atoms with E-state index >= 15 is 0 Å². The zero-order valence-corrected chi connectivity index (χ0v) is 20.2. The van der Waals surface area contributed by atoms with E-state index in [1.165, 1.54) is 5.57 Å². The van der Waals surface area contributed by atoms with Gasteiger partial charge in [-0.2, -0.15) is 22.0 Å². The van der Waals surface area contributed by atoms with E-state index in [2.05, 4.69) is 31.7 Å². The molecule has 35 heavy (non-hydrogen) atoms. The third-order valence-corrected chi connectivity index (χ3v) is 7.67. The van der Waals surface area contributed by atoms with Crippen molar-refractivity contribution in [3.8, 4) is 0 Å². The molecule has 3 aliphatic carbocycles. The summed E-state index contributed by atoms with van der Waals surface area (Å²) in [6.07, 6.45) is 5.87. The van der Waals surface area contributed by atoms with Crippen LogP contribution < -0.4 is 5.32 Å². The Bertz CT molecular complexity index is 920. The summed E-state index contributed by atoms with van der Waals surface area (Å²) in [5.74, 6) is -5.76. The van der Waals surface area contributed by atoms with Crippen molar-refractivity contribution in [2.24, 2.45) is 11.3 Å². The molecule has 0 spiro atoms. The summed E-state index contributed by atoms with van der Waals surface area (Å²) in [5, 5.41) is 11.7. The van der Waals surface area contributed by atoms with E-state index in [9.17, 15) is 31.9 Å². The van der Waals surface area contributed by atoms with Crippen LogP contribution in [0, 0.1) is 11.3 Å². The predicted molar refractivity (Wildman–Crippen MR) is 123 cm³/mol. The lowest BCUT2D eigenvalue weighted by Gasteiger charge is -2.42. The summed E-state index contributed by atoms with van der Waals surface area (Å²) in [7, 11) is 0. The highest BCUT2D eigenvalue weighted by Gasteiger charge is 2.57. The van der Waals surface area contributed by atoms with Gasteiger partial charge in [0.1, 0.15) is 6.61 Å². The Balaban J connectivity index is 1.60. The first kappa shape index (κ1) is 27.6. The molecule has 0 radical (unpaired) electrons. The Morgan fingerprint density at radius 3 is 2.69 bits per heavy atom. The standard InChI is InChI=1S/C26H34F5NO3/c1-16-18(6-4-8-22(16)33)9-10-19-7-5-13-24(3)20(11-12-21(19)24)17(2)35-14-23(34)32-15-25(27,28)26(29,30)31/h9-11,17,21-22,33H,1,4-8,12-15H2,2-3H3,(H,32,34)/b18-9-,19-10+/t17-,21?,22?,24+/m0/s1. The van der Waals surface area contributed by atoms with Gasteiger partial charge in [0.15, 0.2) is 0 Å². The van der Waals surface area contributed by atoms with Crippen molar-refractivity contribution in [1.82, 2.24) is 5.32 Å². The van der Waals surface area contributed by atoms with Crippen molar-refractivity contribution in [1.29, 1.82) is 0 Å². The molecule has 1 amide bonds. The second kappa shape index (κ2) is 10.5. The third kappa shape index (κ3) is 6.05. The van der Waals surface area contributed by atoms with Crippen LogP contribution in [0.15, 0.2) is 47.1 Å². The van der Waals surface area contributed by atoms with Gasteiger partial charge in [-0.1, -0.05) is 37.3 Å². The van der Waals surface area contributed by atoms with Crippen molar-refractivity contribution < 1.29 is 36.6 Å². The van der Waals surface area contributed by atoms with Crippen molar-refractivity contribution in [3.63, 3.8) is 0 Å². The lowest BCUT2D eigenvalue weighted by molar-refractivity contribution is -0.278. The van der Waals surface area contributed by atoms with Gasteiger partial charge < -0.3 is 15.2 Å². The molecule has 0 bridgehead atoms. The van der Waals surface area contributed by atoms with E-state index in [-0.39, 0.29) is 11.3 Å². The zero-order valence-electron chi connectivity index (χ0n) is 20.2. The fourth-order valence-electron chi connectivity index (χ4n) is 5.57. The van der Waals surface area contributed by atoms with E-state index in [1.807, 2.05) is 0 Å². The molecule has 4 atom stereocenters. The molecule has 2 fully saturated rings. The van der Waals surface area contributed by atoms with Gasteiger partial charge in [-0.15, -0.1) is 0 Å². The summed E-state index contributed by atoms with van der Waals surface area (Å²) in [6, 6.07) is 0. The van der Waals surface area contributed by atoms with Gasteiger partial charge in [0.25, 0.3) is 0 Å². The minimum Gasteiger partial charge on any atom is -0.388 e. The number of rotatable bonds is 7. The van der Waals surface area contributed by atoms with E-state index < -0.39 is 43.4 Å². The van der Waals surface area contributed by atoms with Gasteiger partial charge in [0.2, 0.25) is 5.91 Å². The Morgan fingerprint density at radius 2 is 2.00 bits per heavy atom. The van der Waals surface area contributed by atoms with Crippen molar-refractivity contribution >= 4 is 5.91 Å². The monoisotopic (exact) mass is 503 g/mol. The van der Waals surface area contributed by atoms with Gasteiger partial charge >= 0.3 is 12.1 Å². The highest BCUT2D eigenvalue weighted by molar-refractivity contribution is 5.77. The van der Waals surface area contributed by atoms with Crippen LogP contribution in [0.1, 0.15) is 58.8 Å².